The Morgan fingerprint density at radius 2 is 1.71 bits per heavy atom. The van der Waals surface area contributed by atoms with E-state index in [1.165, 1.54) is 12.2 Å². The van der Waals surface area contributed by atoms with Crippen LogP contribution < -0.4 is 5.32 Å². The van der Waals surface area contributed by atoms with E-state index < -0.39 is 70.9 Å². The van der Waals surface area contributed by atoms with Crippen molar-refractivity contribution in [3.8, 4) is 0 Å². The molecule has 0 bridgehead atoms. The number of nitrogens with one attached hydrogen (secondary N) is 1. The molecule has 3 unspecified atom stereocenters. The molecule has 5 aliphatic carbocycles. The lowest BCUT2D eigenvalue weighted by molar-refractivity contribution is -0.196. The van der Waals surface area contributed by atoms with Gasteiger partial charge in [-0.2, -0.15) is 0 Å². The van der Waals surface area contributed by atoms with Crippen LogP contribution in [-0.2, 0) is 40.1 Å². The highest BCUT2D eigenvalue weighted by Gasteiger charge is 2.70. The maximum atomic E-state index is 17.3. The van der Waals surface area contributed by atoms with Crippen molar-refractivity contribution in [1.29, 1.82) is 0 Å². The van der Waals surface area contributed by atoms with Gasteiger partial charge in [-0.1, -0.05) is 48.9 Å². The maximum Gasteiger partial charge on any atom is 0.310 e. The Kier molecular flexibility index (Phi) is 10.2. The van der Waals surface area contributed by atoms with E-state index in [0.717, 1.165) is 16.3 Å². The predicted octanol–water partition coefficient (Wildman–Crippen LogP) is 6.25. The van der Waals surface area contributed by atoms with Gasteiger partial charge in [-0.25, -0.2) is 4.39 Å². The van der Waals surface area contributed by atoms with E-state index >= 15 is 4.39 Å². The SMILES string of the molecule is CN(C)C(C(=O)Nc1ccc2cnccc2c1)c1ccc(COC(=O)C2CC2C(=O)OCC(=O)[C@H]2CC[C@H]3[C@@H]4CCC5=CC(=O)C=C[C@]5(C)[C@@]4(F)[C@@H](O)C[C@]23C)cc1. The molecule has 2 aromatic carbocycles. The number of rotatable bonds is 11. The summed E-state index contributed by atoms with van der Waals surface area (Å²) in [7, 11) is 3.65. The van der Waals surface area contributed by atoms with Crippen LogP contribution >= 0.6 is 0 Å². The van der Waals surface area contributed by atoms with Gasteiger partial charge in [0.25, 0.3) is 0 Å². The number of alkyl halides is 1. The van der Waals surface area contributed by atoms with Gasteiger partial charge in [-0.05, 0) is 118 Å². The summed E-state index contributed by atoms with van der Waals surface area (Å²) in [4.78, 5) is 71.0. The summed E-state index contributed by atoms with van der Waals surface area (Å²) in [6.07, 6.45) is 9.19. The molecule has 4 fully saturated rings. The van der Waals surface area contributed by atoms with Crippen molar-refractivity contribution in [2.45, 2.75) is 76.8 Å². The van der Waals surface area contributed by atoms with Crippen LogP contribution in [0.25, 0.3) is 10.8 Å². The number of allylic oxidation sites excluding steroid dienone is 4. The smallest absolute Gasteiger partial charge is 0.310 e. The number of anilines is 1. The number of esters is 2. The Morgan fingerprint density at radius 3 is 2.45 bits per heavy atom. The fourth-order valence-corrected chi connectivity index (χ4v) is 10.9. The molecule has 0 spiro atoms. The Bertz CT molecular complexity index is 2240. The number of carbonyl (C=O) groups excluding carboxylic acids is 5. The van der Waals surface area contributed by atoms with Crippen LogP contribution in [0.4, 0.5) is 10.1 Å². The molecule has 1 aromatic heterocycles. The number of benzene rings is 2. The van der Waals surface area contributed by atoms with Crippen LogP contribution in [0.5, 0.6) is 0 Å². The number of amides is 1. The fourth-order valence-electron chi connectivity index (χ4n) is 10.9. The minimum atomic E-state index is -1.97. The molecule has 4 saturated carbocycles. The highest BCUT2D eigenvalue weighted by molar-refractivity contribution is 6.01. The Hall–Kier alpha value is -5.07. The number of ether oxygens (including phenoxy) is 2. The number of aliphatic hydroxyl groups excluding tert-OH is 1. The van der Waals surface area contributed by atoms with Gasteiger partial charge in [0.15, 0.2) is 17.2 Å². The lowest BCUT2D eigenvalue weighted by Crippen LogP contribution is -2.66. The van der Waals surface area contributed by atoms with E-state index in [-0.39, 0.29) is 42.8 Å². The summed E-state index contributed by atoms with van der Waals surface area (Å²) >= 11 is 0. The number of nitrogens with zero attached hydrogens (tertiary/aromatic N) is 2. The van der Waals surface area contributed by atoms with Crippen molar-refractivity contribution in [3.63, 3.8) is 0 Å². The number of ketones is 2. The molecule has 2 N–H and O–H groups in total. The molecular weight excluding hydrogens is 742 g/mol. The number of aliphatic hydroxyl groups is 1. The summed E-state index contributed by atoms with van der Waals surface area (Å²) in [5, 5.41) is 16.5. The topological polar surface area (TPSA) is 152 Å². The number of carbonyl (C=O) groups is 5. The second-order valence-electron chi connectivity index (χ2n) is 17.6. The minimum absolute atomic E-state index is 0.0136. The molecule has 0 aliphatic heterocycles. The molecule has 11 nitrogen and oxygen atoms in total. The van der Waals surface area contributed by atoms with E-state index in [1.54, 1.807) is 37.5 Å². The molecule has 304 valence electrons. The van der Waals surface area contributed by atoms with Crippen molar-refractivity contribution in [1.82, 2.24) is 9.88 Å². The zero-order valence-electron chi connectivity index (χ0n) is 33.3. The van der Waals surface area contributed by atoms with Crippen LogP contribution in [0.1, 0.15) is 69.5 Å². The quantitative estimate of drug-likeness (QED) is 0.213. The molecule has 1 heterocycles. The third kappa shape index (κ3) is 6.77. The number of halogens is 1. The van der Waals surface area contributed by atoms with E-state index in [4.69, 9.17) is 9.47 Å². The lowest BCUT2D eigenvalue weighted by atomic mass is 9.45. The highest BCUT2D eigenvalue weighted by Crippen LogP contribution is 2.69. The molecule has 58 heavy (non-hydrogen) atoms. The molecule has 5 aliphatic rings. The summed E-state index contributed by atoms with van der Waals surface area (Å²) in [6.45, 7) is 3.27. The molecule has 1 amide bonds. The zero-order valence-corrected chi connectivity index (χ0v) is 33.3. The average Bonchev–Trinajstić information content (AvgIpc) is 3.93. The van der Waals surface area contributed by atoms with Crippen molar-refractivity contribution < 1.29 is 42.9 Å². The monoisotopic (exact) mass is 791 g/mol. The Labute approximate surface area is 337 Å². The van der Waals surface area contributed by atoms with Gasteiger partial charge in [-0.3, -0.25) is 33.9 Å². The standard InChI is InChI=1S/C46H50FN3O8/c1-44-22-39(53)46(47)36(12-10-30-20-32(51)15-17-45(30,46)2)35(44)13-14-37(44)38(52)25-58-43(56)34-21-33(34)42(55)57-24-26-5-7-27(8-6-26)40(50(3)4)41(54)49-31-11-9-29-23-48-18-16-28(29)19-31/h5-9,11,15-20,23,33-37,39-40,53H,10,12-14,21-22,24-25H2,1-4H3,(H,49,54)/t33?,34?,35-,36-,37+,39-,40?,44-,45-,46-/m0/s1. The van der Waals surface area contributed by atoms with Crippen molar-refractivity contribution in [2.24, 2.45) is 40.4 Å². The van der Waals surface area contributed by atoms with Crippen molar-refractivity contribution in [3.05, 3.63) is 95.9 Å². The first-order valence-electron chi connectivity index (χ1n) is 20.2. The van der Waals surface area contributed by atoms with Crippen molar-refractivity contribution in [2.75, 3.05) is 26.0 Å². The third-order valence-corrected chi connectivity index (χ3v) is 14.1. The van der Waals surface area contributed by atoms with Gasteiger partial charge >= 0.3 is 11.9 Å². The maximum absolute atomic E-state index is 17.3. The van der Waals surface area contributed by atoms with E-state index in [9.17, 15) is 29.1 Å². The van der Waals surface area contributed by atoms with Gasteiger partial charge in [0.05, 0.1) is 17.9 Å². The number of hydrogen-bond donors (Lipinski definition) is 2. The molecule has 0 saturated heterocycles. The van der Waals surface area contributed by atoms with Gasteiger partial charge in [0.2, 0.25) is 5.91 Å². The Balaban J connectivity index is 0.816. The van der Waals surface area contributed by atoms with Gasteiger partial charge in [0, 0.05) is 40.7 Å². The number of pyridine rings is 1. The highest BCUT2D eigenvalue weighted by atomic mass is 19.1. The third-order valence-electron chi connectivity index (χ3n) is 14.1. The molecule has 0 radical (unpaired) electrons. The van der Waals surface area contributed by atoms with Crippen LogP contribution in [-0.4, -0.2) is 76.9 Å². The number of likely N-dealkylation sites (N-methyl/N-ethyl adjacent to an activating group) is 1. The first kappa shape index (κ1) is 39.7. The van der Waals surface area contributed by atoms with Crippen LogP contribution in [0.15, 0.2) is 84.7 Å². The summed E-state index contributed by atoms with van der Waals surface area (Å²) < 4.78 is 28.3. The molecule has 3 aromatic rings. The van der Waals surface area contributed by atoms with E-state index in [0.29, 0.717) is 42.5 Å². The average molecular weight is 792 g/mol. The lowest BCUT2D eigenvalue weighted by Gasteiger charge is -2.62. The Morgan fingerprint density at radius 1 is 0.966 bits per heavy atom. The molecule has 10 atom stereocenters. The molecule has 8 rings (SSSR count). The first-order valence-corrected chi connectivity index (χ1v) is 20.2. The molecular formula is C46H50FN3O8. The van der Waals surface area contributed by atoms with E-state index in [1.807, 2.05) is 62.3 Å². The number of hydrogen-bond acceptors (Lipinski definition) is 10. The van der Waals surface area contributed by atoms with Gasteiger partial charge < -0.3 is 19.9 Å². The van der Waals surface area contributed by atoms with Crippen LogP contribution in [0.3, 0.4) is 0 Å². The number of fused-ring (bicyclic) bond motifs is 6. The van der Waals surface area contributed by atoms with Gasteiger partial charge in [0.1, 0.15) is 19.3 Å². The second-order valence-corrected chi connectivity index (χ2v) is 17.6. The van der Waals surface area contributed by atoms with Crippen LogP contribution in [0.2, 0.25) is 0 Å². The van der Waals surface area contributed by atoms with Gasteiger partial charge in [-0.15, -0.1) is 0 Å². The summed E-state index contributed by atoms with van der Waals surface area (Å²) in [6, 6.07) is 14.2. The normalized spacial score (nSPS) is 32.7. The number of aromatic nitrogens is 1. The summed E-state index contributed by atoms with van der Waals surface area (Å²) in [5.41, 5.74) is -0.870. The first-order chi connectivity index (χ1) is 27.6. The number of Topliss-reactive ketones (excluding diaryl/α,β-unsaturated/α-hetero) is 1. The van der Waals surface area contributed by atoms with Crippen molar-refractivity contribution >= 4 is 45.9 Å². The predicted molar refractivity (Wildman–Crippen MR) is 212 cm³/mol. The second kappa shape index (κ2) is 14.9. The fraction of sp³-hybridized carbons (Fsp3) is 0.478. The largest absolute Gasteiger partial charge is 0.461 e. The summed E-state index contributed by atoms with van der Waals surface area (Å²) in [5.74, 6) is -4.28. The van der Waals surface area contributed by atoms with Crippen LogP contribution in [0, 0.1) is 40.4 Å². The minimum Gasteiger partial charge on any atom is -0.461 e. The zero-order chi connectivity index (χ0) is 41.1. The van der Waals surface area contributed by atoms with E-state index in [2.05, 4.69) is 10.3 Å². The molecule has 12 heteroatoms.